The molecule has 2 aliphatic rings. The zero-order valence-corrected chi connectivity index (χ0v) is 15.0. The highest BCUT2D eigenvalue weighted by Gasteiger charge is 2.33. The van der Waals surface area contributed by atoms with Crippen molar-refractivity contribution in [2.45, 2.75) is 63.6 Å². The summed E-state index contributed by atoms with van der Waals surface area (Å²) in [5, 5.41) is 12.3. The number of aliphatic hydroxyl groups excluding tert-OH is 1. The van der Waals surface area contributed by atoms with Gasteiger partial charge in [0.2, 0.25) is 5.91 Å². The van der Waals surface area contributed by atoms with Crippen LogP contribution in [0.5, 0.6) is 5.75 Å². The van der Waals surface area contributed by atoms with Crippen LogP contribution in [0, 0.1) is 0 Å². The molecule has 1 aliphatic carbocycles. The summed E-state index contributed by atoms with van der Waals surface area (Å²) >= 11 is 0. The molecule has 1 atom stereocenters. The molecule has 3 rings (SSSR count). The van der Waals surface area contributed by atoms with Crippen LogP contribution in [-0.4, -0.2) is 47.8 Å². The summed E-state index contributed by atoms with van der Waals surface area (Å²) in [6, 6.07) is 8.61. The van der Waals surface area contributed by atoms with Crippen molar-refractivity contribution in [2.75, 3.05) is 19.8 Å². The quantitative estimate of drug-likeness (QED) is 0.745. The van der Waals surface area contributed by atoms with Gasteiger partial charge in [-0.05, 0) is 30.5 Å². The minimum atomic E-state index is 0.0243. The number of ether oxygens (including phenoxy) is 1. The summed E-state index contributed by atoms with van der Waals surface area (Å²) in [5.74, 6) is 1.09. The molecule has 2 fully saturated rings. The highest BCUT2D eigenvalue weighted by Crippen LogP contribution is 2.26. The maximum Gasteiger partial charge on any atom is 0.224 e. The van der Waals surface area contributed by atoms with E-state index < -0.39 is 0 Å². The smallest absolute Gasteiger partial charge is 0.224 e. The molecular weight excluding hydrogens is 316 g/mol. The van der Waals surface area contributed by atoms with Crippen molar-refractivity contribution in [3.05, 3.63) is 29.8 Å². The number of nitrogens with one attached hydrogen (secondary N) is 1. The number of rotatable bonds is 7. The maximum absolute atomic E-state index is 12.4. The zero-order valence-electron chi connectivity index (χ0n) is 15.0. The molecular formula is C20H30N2O3. The van der Waals surface area contributed by atoms with E-state index in [9.17, 15) is 4.79 Å². The van der Waals surface area contributed by atoms with Crippen LogP contribution in [0.1, 0.15) is 50.5 Å². The van der Waals surface area contributed by atoms with Crippen molar-refractivity contribution in [1.82, 2.24) is 10.2 Å². The predicted molar refractivity (Wildman–Crippen MR) is 97.5 cm³/mol. The van der Waals surface area contributed by atoms with Gasteiger partial charge in [0.1, 0.15) is 12.4 Å². The number of nitrogens with zero attached hydrogens (tertiary/aromatic N) is 1. The summed E-state index contributed by atoms with van der Waals surface area (Å²) in [7, 11) is 0. The average Bonchev–Trinajstić information content (AvgIpc) is 2.84. The fraction of sp³-hybridized carbons (Fsp3) is 0.650. The van der Waals surface area contributed by atoms with Gasteiger partial charge < -0.3 is 20.1 Å². The highest BCUT2D eigenvalue weighted by molar-refractivity contribution is 5.79. The van der Waals surface area contributed by atoms with Crippen LogP contribution in [0.2, 0.25) is 0 Å². The standard InChI is InChI=1S/C20H30N2O3/c23-11-12-25-19-9-7-16(8-10-19)14-21-17-13-20(24)22(15-17)18-5-3-1-2-4-6-18/h7-10,17-18,21,23H,1-6,11-15H2/t17-/m0/s1. The Bertz CT molecular complexity index is 538. The van der Waals surface area contributed by atoms with E-state index in [1.54, 1.807) is 0 Å². The van der Waals surface area contributed by atoms with Crippen molar-refractivity contribution in [1.29, 1.82) is 0 Å². The number of hydrogen-bond acceptors (Lipinski definition) is 4. The largest absolute Gasteiger partial charge is 0.491 e. The third-order valence-corrected chi connectivity index (χ3v) is 5.30. The molecule has 1 aromatic carbocycles. The van der Waals surface area contributed by atoms with E-state index in [0.717, 1.165) is 18.8 Å². The van der Waals surface area contributed by atoms with Crippen molar-refractivity contribution in [2.24, 2.45) is 0 Å². The van der Waals surface area contributed by atoms with Crippen LogP contribution >= 0.6 is 0 Å². The summed E-state index contributed by atoms with van der Waals surface area (Å²) in [6.45, 7) is 1.95. The first kappa shape index (κ1) is 18.2. The topological polar surface area (TPSA) is 61.8 Å². The van der Waals surface area contributed by atoms with Gasteiger partial charge in [0.15, 0.2) is 0 Å². The molecule has 0 radical (unpaired) electrons. The molecule has 0 aromatic heterocycles. The van der Waals surface area contributed by atoms with Gasteiger partial charge in [0, 0.05) is 31.6 Å². The Morgan fingerprint density at radius 3 is 2.52 bits per heavy atom. The Morgan fingerprint density at radius 2 is 1.84 bits per heavy atom. The summed E-state index contributed by atoms with van der Waals surface area (Å²) in [5.41, 5.74) is 1.18. The van der Waals surface area contributed by atoms with E-state index in [1.807, 2.05) is 24.3 Å². The van der Waals surface area contributed by atoms with E-state index in [-0.39, 0.29) is 12.6 Å². The van der Waals surface area contributed by atoms with Crippen molar-refractivity contribution < 1.29 is 14.6 Å². The van der Waals surface area contributed by atoms with E-state index in [1.165, 1.54) is 44.1 Å². The lowest BCUT2D eigenvalue weighted by atomic mass is 10.1. The second-order valence-electron chi connectivity index (χ2n) is 7.19. The minimum Gasteiger partial charge on any atom is -0.491 e. The highest BCUT2D eigenvalue weighted by atomic mass is 16.5. The van der Waals surface area contributed by atoms with Crippen LogP contribution < -0.4 is 10.1 Å². The Balaban J connectivity index is 1.46. The lowest BCUT2D eigenvalue weighted by molar-refractivity contribution is -0.129. The third-order valence-electron chi connectivity index (χ3n) is 5.30. The van der Waals surface area contributed by atoms with Gasteiger partial charge in [-0.3, -0.25) is 4.79 Å². The molecule has 1 saturated heterocycles. The maximum atomic E-state index is 12.4. The number of likely N-dealkylation sites (tertiary alicyclic amines) is 1. The van der Waals surface area contributed by atoms with E-state index >= 15 is 0 Å². The fourth-order valence-electron chi connectivity index (χ4n) is 3.92. The Labute approximate surface area is 150 Å². The molecule has 5 heteroatoms. The second-order valence-corrected chi connectivity index (χ2v) is 7.19. The SMILES string of the molecule is O=C1C[C@H](NCc2ccc(OCCO)cc2)CN1C1CCCCCC1. The van der Waals surface area contributed by atoms with Crippen LogP contribution in [0.4, 0.5) is 0 Å². The van der Waals surface area contributed by atoms with Gasteiger partial charge in [0.25, 0.3) is 0 Å². The molecule has 25 heavy (non-hydrogen) atoms. The first-order chi connectivity index (χ1) is 12.3. The van der Waals surface area contributed by atoms with Gasteiger partial charge in [-0.15, -0.1) is 0 Å². The first-order valence-corrected chi connectivity index (χ1v) is 9.61. The Kier molecular flexibility index (Phi) is 6.70. The molecule has 1 aromatic rings. The van der Waals surface area contributed by atoms with Crippen molar-refractivity contribution in [3.63, 3.8) is 0 Å². The van der Waals surface area contributed by atoms with Gasteiger partial charge in [-0.1, -0.05) is 37.8 Å². The zero-order chi connectivity index (χ0) is 17.5. The third kappa shape index (κ3) is 5.19. The Morgan fingerprint density at radius 1 is 1.12 bits per heavy atom. The number of hydrogen-bond donors (Lipinski definition) is 2. The molecule has 5 nitrogen and oxygen atoms in total. The number of amides is 1. The monoisotopic (exact) mass is 346 g/mol. The summed E-state index contributed by atoms with van der Waals surface area (Å²) in [6.07, 6.45) is 8.13. The average molecular weight is 346 g/mol. The summed E-state index contributed by atoms with van der Waals surface area (Å²) in [4.78, 5) is 14.5. The van der Waals surface area contributed by atoms with Gasteiger partial charge in [-0.25, -0.2) is 0 Å². The van der Waals surface area contributed by atoms with Crippen LogP contribution in [0.15, 0.2) is 24.3 Å². The number of carbonyl (C=O) groups excluding carboxylic acids is 1. The molecule has 1 amide bonds. The molecule has 1 saturated carbocycles. The van der Waals surface area contributed by atoms with Crippen molar-refractivity contribution in [3.8, 4) is 5.75 Å². The molecule has 0 unspecified atom stereocenters. The van der Waals surface area contributed by atoms with E-state index in [0.29, 0.717) is 25.0 Å². The van der Waals surface area contributed by atoms with Gasteiger partial charge in [0.05, 0.1) is 6.61 Å². The molecule has 138 valence electrons. The minimum absolute atomic E-state index is 0.0243. The fourth-order valence-corrected chi connectivity index (χ4v) is 3.92. The first-order valence-electron chi connectivity index (χ1n) is 9.61. The molecule has 1 heterocycles. The number of aliphatic hydroxyl groups is 1. The molecule has 0 spiro atoms. The van der Waals surface area contributed by atoms with E-state index in [4.69, 9.17) is 9.84 Å². The van der Waals surface area contributed by atoms with Crippen molar-refractivity contribution >= 4 is 5.91 Å². The summed E-state index contributed by atoms with van der Waals surface area (Å²) < 4.78 is 5.37. The van der Waals surface area contributed by atoms with Crippen LogP contribution in [0.3, 0.4) is 0 Å². The molecule has 0 bridgehead atoms. The van der Waals surface area contributed by atoms with Crippen LogP contribution in [0.25, 0.3) is 0 Å². The molecule has 2 N–H and O–H groups in total. The van der Waals surface area contributed by atoms with E-state index in [2.05, 4.69) is 10.2 Å². The van der Waals surface area contributed by atoms with Crippen LogP contribution in [-0.2, 0) is 11.3 Å². The predicted octanol–water partition coefficient (Wildman–Crippen LogP) is 2.47. The molecule has 1 aliphatic heterocycles. The second kappa shape index (κ2) is 9.20. The Hall–Kier alpha value is -1.59. The number of benzene rings is 1. The number of carbonyl (C=O) groups is 1. The van der Waals surface area contributed by atoms with Gasteiger partial charge in [-0.2, -0.15) is 0 Å². The van der Waals surface area contributed by atoms with Gasteiger partial charge >= 0.3 is 0 Å². The lowest BCUT2D eigenvalue weighted by Gasteiger charge is -2.27. The lowest BCUT2D eigenvalue weighted by Crippen LogP contribution is -2.38. The normalized spacial score (nSPS) is 22.2.